The minimum absolute atomic E-state index is 0.0108. The third kappa shape index (κ3) is 9.05. The molecule has 3 aliphatic rings. The Bertz CT molecular complexity index is 2450. The van der Waals surface area contributed by atoms with Gasteiger partial charge < -0.3 is 29.1 Å². The SMILES string of the molecule is COc1ccncc1C1CN(C(=O)[C@@H]2CC[C@@H]3CCC[C@H](NC(=O)c4cc5cc([C@@H](F)[P@](=O)(N[C@@H](C)C(=O)OCc6ccccc6)Oc6ccccc6)ccc5s4)C(=O)N32)C1. The number of carbonyl (C=O) groups excluding carboxylic acids is 4. The van der Waals surface area contributed by atoms with Crippen LogP contribution in [0.1, 0.15) is 77.2 Å². The van der Waals surface area contributed by atoms with Crippen LogP contribution in [-0.4, -0.2) is 82.8 Å². The van der Waals surface area contributed by atoms with Crippen LogP contribution < -0.4 is 19.7 Å². The van der Waals surface area contributed by atoms with Gasteiger partial charge in [-0.3, -0.25) is 28.7 Å². The predicted octanol–water partition coefficient (Wildman–Crippen LogP) is 7.53. The number of para-hydroxylation sites is 1. The Morgan fingerprint density at radius 2 is 1.72 bits per heavy atom. The van der Waals surface area contributed by atoms with Gasteiger partial charge in [0, 0.05) is 47.7 Å². The van der Waals surface area contributed by atoms with Gasteiger partial charge in [0.2, 0.25) is 17.7 Å². The van der Waals surface area contributed by atoms with E-state index in [1.54, 1.807) is 77.8 Å². The molecule has 3 fully saturated rings. The van der Waals surface area contributed by atoms with E-state index < -0.39 is 43.4 Å². The lowest BCUT2D eigenvalue weighted by Crippen LogP contribution is -2.58. The summed E-state index contributed by atoms with van der Waals surface area (Å²) < 4.78 is 48.5. The number of halogens is 1. The number of likely N-dealkylation sites (tertiary alicyclic amines) is 1. The minimum Gasteiger partial charge on any atom is -0.496 e. The lowest BCUT2D eigenvalue weighted by molar-refractivity contribution is -0.148. The van der Waals surface area contributed by atoms with Gasteiger partial charge in [-0.1, -0.05) is 54.6 Å². The predicted molar refractivity (Wildman–Crippen MR) is 228 cm³/mol. The van der Waals surface area contributed by atoms with Crippen LogP contribution >= 0.6 is 18.9 Å². The van der Waals surface area contributed by atoms with Crippen LogP contribution in [0.15, 0.2) is 103 Å². The molecule has 0 aliphatic carbocycles. The molecule has 6 atom stereocenters. The number of alkyl halides is 1. The lowest BCUT2D eigenvalue weighted by atomic mass is 9.91. The van der Waals surface area contributed by atoms with Crippen LogP contribution in [0.2, 0.25) is 0 Å². The molecule has 5 aromatic rings. The minimum atomic E-state index is -4.50. The number of hydrogen-bond acceptors (Lipinski definition) is 10. The van der Waals surface area contributed by atoms with E-state index in [1.807, 2.05) is 18.2 Å². The van der Waals surface area contributed by atoms with Crippen LogP contribution in [0.4, 0.5) is 4.39 Å². The fourth-order valence-corrected chi connectivity index (χ4v) is 11.2. The number of fused-ring (bicyclic) bond motifs is 2. The molecule has 2 N–H and O–H groups in total. The van der Waals surface area contributed by atoms with Crippen molar-refractivity contribution < 1.29 is 42.1 Å². The van der Waals surface area contributed by atoms with Gasteiger partial charge in [0.05, 0.1) is 12.0 Å². The van der Waals surface area contributed by atoms with Gasteiger partial charge >= 0.3 is 13.5 Å². The summed E-state index contributed by atoms with van der Waals surface area (Å²) in [6.07, 6.45) is 6.62. The van der Waals surface area contributed by atoms with E-state index in [9.17, 15) is 23.7 Å². The smallest absolute Gasteiger partial charge is 0.355 e. The van der Waals surface area contributed by atoms with Crippen molar-refractivity contribution in [3.8, 4) is 11.5 Å². The van der Waals surface area contributed by atoms with Crippen LogP contribution in [-0.2, 0) is 30.3 Å². The Labute approximate surface area is 357 Å². The molecule has 3 amide bonds. The molecule has 3 aromatic carbocycles. The topological polar surface area (TPSA) is 156 Å². The molecule has 0 bridgehead atoms. The van der Waals surface area contributed by atoms with Gasteiger partial charge in [-0.2, -0.15) is 0 Å². The second kappa shape index (κ2) is 18.2. The first-order valence-electron chi connectivity index (χ1n) is 20.4. The molecule has 0 radical (unpaired) electrons. The summed E-state index contributed by atoms with van der Waals surface area (Å²) in [6.45, 7) is 2.44. The number of rotatable bonds is 14. The average molecular weight is 868 g/mol. The zero-order chi connectivity index (χ0) is 42.7. The number of nitrogens with zero attached hydrogens (tertiary/aromatic N) is 3. The van der Waals surface area contributed by atoms with E-state index >= 15 is 4.39 Å². The molecule has 318 valence electrons. The number of carbonyl (C=O) groups is 4. The van der Waals surface area contributed by atoms with E-state index in [4.69, 9.17) is 14.0 Å². The first-order chi connectivity index (χ1) is 29.5. The zero-order valence-electron chi connectivity index (χ0n) is 33.8. The summed E-state index contributed by atoms with van der Waals surface area (Å²) in [4.78, 5) is 62.8. The molecule has 0 spiro atoms. The van der Waals surface area contributed by atoms with E-state index in [2.05, 4.69) is 15.4 Å². The number of nitrogens with one attached hydrogen (secondary N) is 2. The van der Waals surface area contributed by atoms with E-state index in [-0.39, 0.29) is 41.7 Å². The maximum Gasteiger partial charge on any atom is 0.355 e. The number of methoxy groups -OCH3 is 1. The van der Waals surface area contributed by atoms with E-state index in [0.29, 0.717) is 47.3 Å². The Balaban J connectivity index is 0.941. The monoisotopic (exact) mass is 867 g/mol. The molecule has 8 rings (SSSR count). The van der Waals surface area contributed by atoms with Crippen molar-refractivity contribution in [3.63, 3.8) is 0 Å². The van der Waals surface area contributed by atoms with Gasteiger partial charge in [0.15, 0.2) is 0 Å². The van der Waals surface area contributed by atoms with Crippen LogP contribution in [0.25, 0.3) is 10.1 Å². The number of pyridine rings is 1. The van der Waals surface area contributed by atoms with Gasteiger partial charge in [-0.15, -0.1) is 11.3 Å². The van der Waals surface area contributed by atoms with Crippen molar-refractivity contribution in [2.75, 3.05) is 20.2 Å². The Morgan fingerprint density at radius 3 is 2.48 bits per heavy atom. The first kappa shape index (κ1) is 42.1. The first-order valence-corrected chi connectivity index (χ1v) is 22.9. The highest BCUT2D eigenvalue weighted by atomic mass is 32.1. The molecule has 0 saturated carbocycles. The normalized spacial score (nSPS) is 21.0. The molecule has 3 aliphatic heterocycles. The largest absolute Gasteiger partial charge is 0.496 e. The van der Waals surface area contributed by atoms with Gasteiger partial charge in [0.25, 0.3) is 5.91 Å². The number of benzene rings is 3. The highest BCUT2D eigenvalue weighted by Crippen LogP contribution is 2.58. The third-order valence-electron chi connectivity index (χ3n) is 11.6. The summed E-state index contributed by atoms with van der Waals surface area (Å²) in [5, 5.41) is 6.07. The number of hydrogen-bond donors (Lipinski definition) is 2. The molecule has 5 heterocycles. The number of amides is 3. The number of aromatic nitrogens is 1. The summed E-state index contributed by atoms with van der Waals surface area (Å²) in [5.41, 5.74) is 1.72. The molecular weight excluding hydrogens is 821 g/mol. The van der Waals surface area contributed by atoms with Crippen molar-refractivity contribution >= 4 is 52.6 Å². The maximum atomic E-state index is 16.7. The third-order valence-corrected chi connectivity index (χ3v) is 14.9. The van der Waals surface area contributed by atoms with Gasteiger partial charge in [-0.25, -0.2) is 9.48 Å². The molecule has 16 heteroatoms. The average Bonchev–Trinajstić information content (AvgIpc) is 3.86. The van der Waals surface area contributed by atoms with Gasteiger partial charge in [0.1, 0.15) is 36.2 Å². The molecule has 0 unspecified atom stereocenters. The second-order valence-corrected chi connectivity index (χ2v) is 18.9. The Morgan fingerprint density at radius 1 is 0.967 bits per heavy atom. The fourth-order valence-electron chi connectivity index (χ4n) is 8.39. The van der Waals surface area contributed by atoms with Gasteiger partial charge in [-0.05, 0) is 91.9 Å². The molecular formula is C45H47FN5O8PS. The zero-order valence-corrected chi connectivity index (χ0v) is 35.5. The molecule has 61 heavy (non-hydrogen) atoms. The summed E-state index contributed by atoms with van der Waals surface area (Å²) in [6, 6.07) is 22.5. The summed E-state index contributed by atoms with van der Waals surface area (Å²) in [7, 11) is -2.89. The van der Waals surface area contributed by atoms with Crippen molar-refractivity contribution in [3.05, 3.63) is 125 Å². The second-order valence-electron chi connectivity index (χ2n) is 15.7. The van der Waals surface area contributed by atoms with Crippen LogP contribution in [0.5, 0.6) is 11.5 Å². The number of ether oxygens (including phenoxy) is 2. The lowest BCUT2D eigenvalue weighted by Gasteiger charge is -2.42. The summed E-state index contributed by atoms with van der Waals surface area (Å²) >= 11 is 1.18. The number of esters is 1. The van der Waals surface area contributed by atoms with Crippen molar-refractivity contribution in [2.45, 2.75) is 81.6 Å². The van der Waals surface area contributed by atoms with Crippen molar-refractivity contribution in [1.82, 2.24) is 25.2 Å². The standard InChI is InChI=1S/C45H47FN5O8PS/c1-28(45(55)58-27-29-10-5-3-6-11-29)49-60(56,59-34-13-7-4-8-14-34)41(46)30-16-19-39-31(22-30)23-40(61-39)42(52)48-36-15-9-12-33-17-18-37(51(33)43(36)53)44(54)50-25-32(26-50)35-24-47-21-20-38(35)57-2/h3-8,10-11,13-14,16,19-24,28,32-33,36-37,41H,9,12,15,17-18,25-27H2,1-2H3,(H,48,52)(H,49,56)/t28-,33-,36-,37-,41-,60+/m0/s1. The van der Waals surface area contributed by atoms with Crippen molar-refractivity contribution in [1.29, 1.82) is 0 Å². The highest BCUT2D eigenvalue weighted by molar-refractivity contribution is 7.57. The summed E-state index contributed by atoms with van der Waals surface area (Å²) in [5.74, 6) is -2.79. The highest BCUT2D eigenvalue weighted by Gasteiger charge is 2.48. The van der Waals surface area contributed by atoms with Crippen LogP contribution in [0, 0.1) is 0 Å². The molecule has 2 aromatic heterocycles. The maximum absolute atomic E-state index is 16.7. The fraction of sp³-hybridized carbons (Fsp3) is 0.356. The Kier molecular flexibility index (Phi) is 12.5. The Hall–Kier alpha value is -5.63. The van der Waals surface area contributed by atoms with E-state index in [0.717, 1.165) is 29.7 Å². The number of thiophene rings is 1. The quantitative estimate of drug-likeness (QED) is 0.0845. The van der Waals surface area contributed by atoms with E-state index in [1.165, 1.54) is 42.5 Å². The molecule has 3 saturated heterocycles. The molecule has 13 nitrogen and oxygen atoms in total. The van der Waals surface area contributed by atoms with Crippen LogP contribution in [0.3, 0.4) is 0 Å². The van der Waals surface area contributed by atoms with Crippen molar-refractivity contribution in [2.24, 2.45) is 0 Å².